The van der Waals surface area contributed by atoms with Crippen molar-refractivity contribution in [2.24, 2.45) is 0 Å². The summed E-state index contributed by atoms with van der Waals surface area (Å²) >= 11 is 0. The Kier molecular flexibility index (Phi) is 7.58. The molecule has 0 spiro atoms. The minimum absolute atomic E-state index is 0.208. The Balaban J connectivity index is 1.11. The van der Waals surface area contributed by atoms with E-state index in [9.17, 15) is 0 Å². The van der Waals surface area contributed by atoms with Gasteiger partial charge in [0.15, 0.2) is 17.5 Å². The van der Waals surface area contributed by atoms with E-state index < -0.39 is 0 Å². The Bertz CT molecular complexity index is 2560. The third kappa shape index (κ3) is 5.53. The van der Waals surface area contributed by atoms with E-state index in [0.717, 1.165) is 38.6 Å². The predicted octanol–water partition coefficient (Wildman–Crippen LogP) is 12.1. The summed E-state index contributed by atoms with van der Waals surface area (Å²) in [6.45, 7) is 0. The maximum absolute atomic E-state index is 5.19. The second-order valence-electron chi connectivity index (χ2n) is 13.6. The van der Waals surface area contributed by atoms with Crippen LogP contribution in [0.4, 0.5) is 11.4 Å². The molecule has 0 fully saturated rings. The van der Waals surface area contributed by atoms with Crippen LogP contribution in [0.3, 0.4) is 0 Å². The average Bonchev–Trinajstić information content (AvgIpc) is 3.58. The van der Waals surface area contributed by atoms with Gasteiger partial charge in [0.2, 0.25) is 0 Å². The summed E-state index contributed by atoms with van der Waals surface area (Å²) in [4.78, 5) is 18.0. The molecule has 0 amide bonds. The highest BCUT2D eigenvalue weighted by Crippen LogP contribution is 2.49. The van der Waals surface area contributed by atoms with Crippen LogP contribution in [-0.2, 0) is 0 Å². The van der Waals surface area contributed by atoms with E-state index in [2.05, 4.69) is 187 Å². The summed E-state index contributed by atoms with van der Waals surface area (Å²) in [5.41, 5.74) is 11.3. The first-order chi connectivity index (χ1) is 26.3. The summed E-state index contributed by atoms with van der Waals surface area (Å²) in [5, 5.41) is 2.26. The molecule has 2 unspecified atom stereocenters. The summed E-state index contributed by atoms with van der Waals surface area (Å²) in [5.74, 6) is 2.23. The molecule has 0 saturated heterocycles. The molecule has 0 N–H and O–H groups in total. The molecule has 0 radical (unpaired) electrons. The third-order valence-corrected chi connectivity index (χ3v) is 10.5. The minimum atomic E-state index is 0.208. The van der Waals surface area contributed by atoms with E-state index in [1.165, 1.54) is 28.1 Å². The van der Waals surface area contributed by atoms with Crippen LogP contribution in [0.2, 0.25) is 0 Å². The molecule has 1 aliphatic carbocycles. The Hall–Kier alpha value is -6.91. The van der Waals surface area contributed by atoms with Crippen LogP contribution in [-0.4, -0.2) is 21.0 Å². The molecule has 1 aliphatic heterocycles. The van der Waals surface area contributed by atoms with E-state index in [-0.39, 0.29) is 6.04 Å². The van der Waals surface area contributed by atoms with E-state index in [4.69, 9.17) is 15.0 Å². The number of nitrogens with zero attached hydrogens (tertiary/aromatic N) is 4. The number of benzene rings is 7. The second kappa shape index (κ2) is 13.0. The zero-order valence-electron chi connectivity index (χ0n) is 28.9. The van der Waals surface area contributed by atoms with Crippen LogP contribution < -0.4 is 4.90 Å². The van der Waals surface area contributed by atoms with Gasteiger partial charge in [-0.2, -0.15) is 0 Å². The van der Waals surface area contributed by atoms with Crippen molar-refractivity contribution in [3.8, 4) is 56.4 Å². The van der Waals surface area contributed by atoms with Crippen molar-refractivity contribution >= 4 is 22.1 Å². The summed E-state index contributed by atoms with van der Waals surface area (Å²) in [6.07, 6.45) is 8.99. The lowest BCUT2D eigenvalue weighted by Gasteiger charge is -2.30. The predicted molar refractivity (Wildman–Crippen MR) is 218 cm³/mol. The van der Waals surface area contributed by atoms with Gasteiger partial charge in [-0.05, 0) is 51.4 Å². The number of fused-ring (bicyclic) bond motifs is 4. The first kappa shape index (κ1) is 30.9. The molecule has 0 saturated carbocycles. The second-order valence-corrected chi connectivity index (χ2v) is 13.6. The van der Waals surface area contributed by atoms with Gasteiger partial charge >= 0.3 is 0 Å². The van der Waals surface area contributed by atoms with Crippen molar-refractivity contribution < 1.29 is 0 Å². The molecule has 2 heterocycles. The lowest BCUT2D eigenvalue weighted by molar-refractivity contribution is 0.746. The molecule has 2 aliphatic rings. The van der Waals surface area contributed by atoms with E-state index in [0.29, 0.717) is 23.4 Å². The van der Waals surface area contributed by atoms with Crippen LogP contribution in [0.15, 0.2) is 194 Å². The standard InChI is InChI=1S/C49H34N4/c1-3-13-33(14-4-1)35-23-27-37(28-24-35)47-50-48(38-29-25-36(26-30-38)34-15-5-2-6-16-34)52-49(51-47)43-31-32-46(40-18-8-7-17-39(40)43)53-44-21-11-9-19-41(44)42-20-10-12-22-45(42)53/h1-32,41,44H. The van der Waals surface area contributed by atoms with E-state index in [1.807, 2.05) is 12.1 Å². The fourth-order valence-corrected chi connectivity index (χ4v) is 7.90. The van der Waals surface area contributed by atoms with E-state index >= 15 is 0 Å². The number of hydrogen-bond acceptors (Lipinski definition) is 4. The van der Waals surface area contributed by atoms with Crippen LogP contribution in [0.1, 0.15) is 11.5 Å². The van der Waals surface area contributed by atoms with Gasteiger partial charge in [0.05, 0.1) is 6.04 Å². The summed E-state index contributed by atoms with van der Waals surface area (Å²) < 4.78 is 0. The fraction of sp³-hybridized carbons (Fsp3) is 0.0408. The zero-order valence-corrected chi connectivity index (χ0v) is 28.9. The van der Waals surface area contributed by atoms with Gasteiger partial charge in [-0.3, -0.25) is 0 Å². The first-order valence-corrected chi connectivity index (χ1v) is 18.1. The molecular formula is C49H34N4. The molecular weight excluding hydrogens is 645 g/mol. The molecule has 0 bridgehead atoms. The first-order valence-electron chi connectivity index (χ1n) is 18.1. The van der Waals surface area contributed by atoms with E-state index in [1.54, 1.807) is 0 Å². The quantitative estimate of drug-likeness (QED) is 0.176. The summed E-state index contributed by atoms with van der Waals surface area (Å²) in [6, 6.07) is 59.9. The Morgan fingerprint density at radius 3 is 1.49 bits per heavy atom. The van der Waals surface area contributed by atoms with Gasteiger partial charge in [0, 0.05) is 39.4 Å². The van der Waals surface area contributed by atoms with Crippen LogP contribution in [0.25, 0.3) is 67.2 Å². The van der Waals surface area contributed by atoms with Gasteiger partial charge in [0.1, 0.15) is 0 Å². The lowest BCUT2D eigenvalue weighted by atomic mass is 9.91. The lowest BCUT2D eigenvalue weighted by Crippen LogP contribution is -2.28. The molecule has 250 valence electrons. The zero-order chi connectivity index (χ0) is 35.1. The third-order valence-electron chi connectivity index (χ3n) is 10.5. The Morgan fingerprint density at radius 2 is 0.849 bits per heavy atom. The van der Waals surface area contributed by atoms with Gasteiger partial charge < -0.3 is 4.90 Å². The largest absolute Gasteiger partial charge is 0.333 e. The minimum Gasteiger partial charge on any atom is -0.333 e. The topological polar surface area (TPSA) is 41.9 Å². The number of hydrogen-bond donors (Lipinski definition) is 0. The monoisotopic (exact) mass is 678 g/mol. The highest BCUT2D eigenvalue weighted by atomic mass is 15.2. The normalized spacial score (nSPS) is 15.7. The fourth-order valence-electron chi connectivity index (χ4n) is 7.90. The highest BCUT2D eigenvalue weighted by Gasteiger charge is 2.37. The number of allylic oxidation sites excluding steroid dienone is 2. The van der Waals surface area contributed by atoms with Gasteiger partial charge in [-0.15, -0.1) is 0 Å². The van der Waals surface area contributed by atoms with Crippen molar-refractivity contribution in [1.29, 1.82) is 0 Å². The van der Waals surface area contributed by atoms with Crippen LogP contribution in [0.5, 0.6) is 0 Å². The maximum atomic E-state index is 5.19. The van der Waals surface area contributed by atoms with Gasteiger partial charge in [0.25, 0.3) is 0 Å². The van der Waals surface area contributed by atoms with Crippen molar-refractivity contribution in [2.75, 3.05) is 4.90 Å². The number of rotatable bonds is 6. The SMILES string of the molecule is C1=CC2c3ccccc3N(c3ccc(-c4nc(-c5ccc(-c6ccccc6)cc5)nc(-c5ccc(-c6ccccc6)cc5)n4)c4ccccc34)C2C=C1. The van der Waals surface area contributed by atoms with Crippen molar-refractivity contribution in [3.05, 3.63) is 200 Å². The smallest absolute Gasteiger partial charge is 0.164 e. The van der Waals surface area contributed by atoms with Crippen molar-refractivity contribution in [3.63, 3.8) is 0 Å². The molecule has 10 rings (SSSR count). The van der Waals surface area contributed by atoms with Gasteiger partial charge in [-0.25, -0.2) is 15.0 Å². The molecule has 2 atom stereocenters. The van der Waals surface area contributed by atoms with Gasteiger partial charge in [-0.1, -0.05) is 176 Å². The molecule has 1 aromatic heterocycles. The molecule has 53 heavy (non-hydrogen) atoms. The number of anilines is 2. The maximum Gasteiger partial charge on any atom is 0.164 e. The Labute approximate surface area is 309 Å². The molecule has 7 aromatic carbocycles. The van der Waals surface area contributed by atoms with Crippen molar-refractivity contribution in [1.82, 2.24) is 15.0 Å². The average molecular weight is 679 g/mol. The molecule has 8 aromatic rings. The molecule has 4 nitrogen and oxygen atoms in total. The van der Waals surface area contributed by atoms with Crippen molar-refractivity contribution in [2.45, 2.75) is 12.0 Å². The van der Waals surface area contributed by atoms with Crippen LogP contribution in [0, 0.1) is 0 Å². The number of para-hydroxylation sites is 1. The molecule has 4 heteroatoms. The summed E-state index contributed by atoms with van der Waals surface area (Å²) in [7, 11) is 0. The number of aromatic nitrogens is 3. The Morgan fingerprint density at radius 1 is 0.358 bits per heavy atom. The highest BCUT2D eigenvalue weighted by molar-refractivity contribution is 6.05. The van der Waals surface area contributed by atoms with Crippen LogP contribution >= 0.6 is 0 Å².